The highest BCUT2D eigenvalue weighted by molar-refractivity contribution is 7.99. The van der Waals surface area contributed by atoms with E-state index in [1.807, 2.05) is 4.90 Å². The Morgan fingerprint density at radius 2 is 2.22 bits per heavy atom. The van der Waals surface area contributed by atoms with Gasteiger partial charge in [-0.25, -0.2) is 14.1 Å². The van der Waals surface area contributed by atoms with E-state index in [1.165, 1.54) is 17.0 Å². The Hall–Kier alpha value is -1.76. The van der Waals surface area contributed by atoms with Gasteiger partial charge in [0.05, 0.1) is 0 Å². The molecule has 0 aliphatic carbocycles. The Morgan fingerprint density at radius 1 is 1.35 bits per heavy atom. The van der Waals surface area contributed by atoms with Gasteiger partial charge in [0.1, 0.15) is 18.0 Å². The van der Waals surface area contributed by atoms with Crippen molar-refractivity contribution >= 4 is 29.4 Å². The monoisotopic (exact) mass is 335 g/mol. The molecule has 0 saturated carbocycles. The van der Waals surface area contributed by atoms with Crippen LogP contribution in [0.15, 0.2) is 18.2 Å². The quantitative estimate of drug-likeness (QED) is 0.840. The highest BCUT2D eigenvalue weighted by Crippen LogP contribution is 2.34. The van der Waals surface area contributed by atoms with Crippen molar-refractivity contribution in [3.63, 3.8) is 0 Å². The van der Waals surface area contributed by atoms with Crippen LogP contribution >= 0.6 is 11.8 Å². The van der Waals surface area contributed by atoms with Crippen LogP contribution in [0.25, 0.3) is 0 Å². The summed E-state index contributed by atoms with van der Waals surface area (Å²) in [5.74, 6) is 1.09. The summed E-state index contributed by atoms with van der Waals surface area (Å²) in [7, 11) is 0. The number of aryl methyl sites for hydroxylation is 1. The molecule has 2 saturated heterocycles. The molecule has 1 aromatic rings. The molecule has 3 aliphatic rings. The number of carbonyl (C=O) groups is 2. The number of rotatable bonds is 2. The van der Waals surface area contributed by atoms with Crippen molar-refractivity contribution in [2.24, 2.45) is 0 Å². The summed E-state index contributed by atoms with van der Waals surface area (Å²) in [5, 5.41) is 2.87. The van der Waals surface area contributed by atoms with Gasteiger partial charge < -0.3 is 10.2 Å². The van der Waals surface area contributed by atoms with Gasteiger partial charge in [-0.2, -0.15) is 11.8 Å². The number of thioether (sulfide) groups is 1. The van der Waals surface area contributed by atoms with Crippen molar-refractivity contribution < 1.29 is 14.0 Å². The van der Waals surface area contributed by atoms with Crippen molar-refractivity contribution in [3.05, 3.63) is 29.6 Å². The van der Waals surface area contributed by atoms with Crippen LogP contribution in [0.1, 0.15) is 18.4 Å². The van der Waals surface area contributed by atoms with Gasteiger partial charge in [-0.1, -0.05) is 6.07 Å². The van der Waals surface area contributed by atoms with E-state index < -0.39 is 5.54 Å². The minimum Gasteiger partial charge on any atom is -0.353 e. The van der Waals surface area contributed by atoms with E-state index in [0.717, 1.165) is 36.4 Å². The molecule has 3 aliphatic heterocycles. The molecule has 0 aromatic heterocycles. The molecule has 1 atom stereocenters. The first-order chi connectivity index (χ1) is 11.1. The molecule has 1 N–H and O–H groups in total. The van der Waals surface area contributed by atoms with Crippen LogP contribution in [0.3, 0.4) is 0 Å². The first-order valence-electron chi connectivity index (χ1n) is 7.84. The molecule has 3 heterocycles. The largest absolute Gasteiger partial charge is 0.353 e. The number of nitrogens with zero attached hydrogens (tertiary/aromatic N) is 2. The predicted molar refractivity (Wildman–Crippen MR) is 87.0 cm³/mol. The molecule has 1 spiro atoms. The molecule has 5 nitrogen and oxygen atoms in total. The van der Waals surface area contributed by atoms with Gasteiger partial charge in [-0.05, 0) is 42.7 Å². The number of halogens is 1. The third kappa shape index (κ3) is 2.38. The maximum absolute atomic E-state index is 13.6. The topological polar surface area (TPSA) is 52.7 Å². The zero-order chi connectivity index (χ0) is 16.0. The van der Waals surface area contributed by atoms with E-state index in [4.69, 9.17) is 0 Å². The van der Waals surface area contributed by atoms with E-state index in [1.54, 1.807) is 17.8 Å². The summed E-state index contributed by atoms with van der Waals surface area (Å²) in [5.41, 5.74) is 1.14. The fraction of sp³-hybridized carbons (Fsp3) is 0.500. The smallest absolute Gasteiger partial charge is 0.326 e. The molecule has 1 aromatic carbocycles. The lowest BCUT2D eigenvalue weighted by molar-refractivity contribution is -0.130. The normalized spacial score (nSPS) is 26.8. The molecule has 2 fully saturated rings. The molecule has 3 amide bonds. The average molecular weight is 335 g/mol. The number of fused-ring (bicyclic) bond motifs is 1. The number of carbonyl (C=O) groups excluding carboxylic acids is 2. The first-order valence-corrected chi connectivity index (χ1v) is 9.00. The molecule has 122 valence electrons. The molecule has 7 heteroatoms. The van der Waals surface area contributed by atoms with Crippen molar-refractivity contribution in [2.75, 3.05) is 29.6 Å². The van der Waals surface area contributed by atoms with E-state index >= 15 is 0 Å². The Labute approximate surface area is 138 Å². The SMILES string of the molecule is O=C1N[C@]2(CCSC2)C(=O)N1CN1CCCc2ccc(F)cc21. The Balaban J connectivity index is 1.59. The van der Waals surface area contributed by atoms with Crippen LogP contribution in [0.5, 0.6) is 0 Å². The Morgan fingerprint density at radius 3 is 3.00 bits per heavy atom. The maximum atomic E-state index is 13.6. The summed E-state index contributed by atoms with van der Waals surface area (Å²) < 4.78 is 13.6. The summed E-state index contributed by atoms with van der Waals surface area (Å²) >= 11 is 1.69. The number of hydrogen-bond donors (Lipinski definition) is 1. The van der Waals surface area contributed by atoms with Crippen LogP contribution in [0.4, 0.5) is 14.9 Å². The van der Waals surface area contributed by atoms with Gasteiger partial charge in [0.15, 0.2) is 0 Å². The van der Waals surface area contributed by atoms with Crippen LogP contribution in [0, 0.1) is 5.82 Å². The average Bonchev–Trinajstić information content (AvgIpc) is 3.09. The van der Waals surface area contributed by atoms with Gasteiger partial charge in [0.25, 0.3) is 5.91 Å². The second kappa shape index (κ2) is 5.40. The molecule has 23 heavy (non-hydrogen) atoms. The highest BCUT2D eigenvalue weighted by Gasteiger charge is 2.53. The van der Waals surface area contributed by atoms with Gasteiger partial charge in [-0.15, -0.1) is 0 Å². The van der Waals surface area contributed by atoms with Crippen molar-refractivity contribution in [1.82, 2.24) is 10.2 Å². The predicted octanol–water partition coefficient (Wildman–Crippen LogP) is 1.96. The highest BCUT2D eigenvalue weighted by atomic mass is 32.2. The number of anilines is 1. The Kier molecular flexibility index (Phi) is 3.48. The minimum atomic E-state index is -0.720. The summed E-state index contributed by atoms with van der Waals surface area (Å²) in [6.07, 6.45) is 2.51. The zero-order valence-corrected chi connectivity index (χ0v) is 13.5. The Bertz CT molecular complexity index is 675. The van der Waals surface area contributed by atoms with Gasteiger partial charge in [0.2, 0.25) is 0 Å². The molecular formula is C16H18FN3O2S. The molecule has 0 unspecified atom stereocenters. The number of urea groups is 1. The number of hydrogen-bond acceptors (Lipinski definition) is 4. The van der Waals surface area contributed by atoms with Gasteiger partial charge >= 0.3 is 6.03 Å². The third-order valence-electron chi connectivity index (χ3n) is 4.84. The van der Waals surface area contributed by atoms with E-state index in [9.17, 15) is 14.0 Å². The van der Waals surface area contributed by atoms with E-state index in [0.29, 0.717) is 12.2 Å². The fourth-order valence-corrected chi connectivity index (χ4v) is 4.90. The lowest BCUT2D eigenvalue weighted by Gasteiger charge is -2.33. The molecule has 0 radical (unpaired) electrons. The second-order valence-electron chi connectivity index (χ2n) is 6.33. The first kappa shape index (κ1) is 14.8. The van der Waals surface area contributed by atoms with Crippen LogP contribution < -0.4 is 10.2 Å². The number of amides is 3. The van der Waals surface area contributed by atoms with Crippen molar-refractivity contribution in [1.29, 1.82) is 0 Å². The number of benzene rings is 1. The van der Waals surface area contributed by atoms with Gasteiger partial charge in [-0.3, -0.25) is 4.79 Å². The molecule has 4 rings (SSSR count). The minimum absolute atomic E-state index is 0.143. The van der Waals surface area contributed by atoms with Crippen LogP contribution in [-0.2, 0) is 11.2 Å². The summed E-state index contributed by atoms with van der Waals surface area (Å²) in [4.78, 5) is 28.2. The lowest BCUT2D eigenvalue weighted by atomic mass is 9.99. The maximum Gasteiger partial charge on any atom is 0.326 e. The van der Waals surface area contributed by atoms with Crippen molar-refractivity contribution in [3.8, 4) is 0 Å². The van der Waals surface area contributed by atoms with Crippen molar-refractivity contribution in [2.45, 2.75) is 24.8 Å². The number of nitrogens with one attached hydrogen (secondary N) is 1. The van der Waals surface area contributed by atoms with Crippen LogP contribution in [-0.4, -0.2) is 47.1 Å². The van der Waals surface area contributed by atoms with E-state index in [2.05, 4.69) is 5.32 Å². The van der Waals surface area contributed by atoms with Gasteiger partial charge in [0, 0.05) is 18.0 Å². The van der Waals surface area contributed by atoms with E-state index in [-0.39, 0.29) is 24.4 Å². The lowest BCUT2D eigenvalue weighted by Crippen LogP contribution is -2.48. The fourth-order valence-electron chi connectivity index (χ4n) is 3.58. The molecular weight excluding hydrogens is 317 g/mol. The third-order valence-corrected chi connectivity index (χ3v) is 6.03. The standard InChI is InChI=1S/C16H18FN3O2S/c17-12-4-3-11-2-1-6-19(13(11)8-12)10-20-14(21)16(18-15(20)22)5-7-23-9-16/h3-4,8H,1-2,5-7,9-10H2,(H,18,22)/t16-/m0/s1. The zero-order valence-electron chi connectivity index (χ0n) is 12.7. The van der Waals surface area contributed by atoms with Crippen LogP contribution in [0.2, 0.25) is 0 Å². The second-order valence-corrected chi connectivity index (χ2v) is 7.43. The summed E-state index contributed by atoms with van der Waals surface area (Å²) in [6.45, 7) is 0.906. The number of imide groups is 1. The summed E-state index contributed by atoms with van der Waals surface area (Å²) in [6, 6.07) is 4.41. The molecule has 0 bridgehead atoms.